The maximum Gasteiger partial charge on any atom is 0.0656 e. The maximum atomic E-state index is 5.45. The number of nitrogens with one attached hydrogen (secondary N) is 1. The van der Waals surface area contributed by atoms with Crippen molar-refractivity contribution in [3.05, 3.63) is 19.9 Å². The van der Waals surface area contributed by atoms with Gasteiger partial charge in [-0.1, -0.05) is 0 Å². The second kappa shape index (κ2) is 6.33. The van der Waals surface area contributed by atoms with Gasteiger partial charge >= 0.3 is 0 Å². The van der Waals surface area contributed by atoms with Crippen molar-refractivity contribution >= 4 is 33.9 Å². The van der Waals surface area contributed by atoms with E-state index >= 15 is 0 Å². The fraction of sp³-hybridized carbons (Fsp3) is 0.667. The third-order valence-corrected chi connectivity index (χ3v) is 4.73. The summed E-state index contributed by atoms with van der Waals surface area (Å²) < 4.78 is 6.79. The lowest BCUT2D eigenvalue weighted by molar-refractivity contribution is 0.0118. The van der Waals surface area contributed by atoms with Crippen LogP contribution in [0.15, 0.2) is 11.4 Å². The summed E-state index contributed by atoms with van der Waals surface area (Å²) in [5.74, 6) is 0. The number of hydrogen-bond acceptors (Lipinski definition) is 3. The van der Waals surface area contributed by atoms with Crippen molar-refractivity contribution in [1.82, 2.24) is 5.32 Å². The fourth-order valence-corrected chi connectivity index (χ4v) is 3.00. The third-order valence-electron chi connectivity index (χ3n) is 2.93. The van der Waals surface area contributed by atoms with Gasteiger partial charge in [-0.15, -0.1) is 11.3 Å². The van der Waals surface area contributed by atoms with E-state index in [0.29, 0.717) is 6.04 Å². The summed E-state index contributed by atoms with van der Waals surface area (Å²) >= 11 is 4.17. The normalized spacial score (nSPS) is 14.1. The van der Waals surface area contributed by atoms with Gasteiger partial charge in [-0.3, -0.25) is 0 Å². The Hall–Kier alpha value is 0.350. The first-order chi connectivity index (χ1) is 7.48. The standard InChI is InChI=1S/C12H20INOS/c1-12(2,15-4)6-5-10(14-3)9-7-11(13)16-8-9/h7-8,10,14H,5-6H2,1-4H3. The van der Waals surface area contributed by atoms with Gasteiger partial charge in [0.05, 0.1) is 8.48 Å². The van der Waals surface area contributed by atoms with E-state index in [4.69, 9.17) is 4.74 Å². The molecule has 1 N–H and O–H groups in total. The van der Waals surface area contributed by atoms with Gasteiger partial charge in [0.1, 0.15) is 0 Å². The Morgan fingerprint density at radius 2 is 2.25 bits per heavy atom. The molecule has 1 atom stereocenters. The Labute approximate surface area is 116 Å². The van der Waals surface area contributed by atoms with Gasteiger partial charge in [0, 0.05) is 13.2 Å². The highest BCUT2D eigenvalue weighted by Gasteiger charge is 2.19. The zero-order chi connectivity index (χ0) is 12.2. The van der Waals surface area contributed by atoms with E-state index in [1.165, 1.54) is 8.45 Å². The summed E-state index contributed by atoms with van der Waals surface area (Å²) in [5, 5.41) is 5.61. The number of hydrogen-bond donors (Lipinski definition) is 1. The summed E-state index contributed by atoms with van der Waals surface area (Å²) in [7, 11) is 3.80. The molecule has 0 spiro atoms. The average molecular weight is 353 g/mol. The Bertz CT molecular complexity index is 325. The second-order valence-electron chi connectivity index (χ2n) is 4.53. The first-order valence-electron chi connectivity index (χ1n) is 5.45. The number of thiophene rings is 1. The van der Waals surface area contributed by atoms with Gasteiger partial charge in [-0.05, 0) is 73.3 Å². The largest absolute Gasteiger partial charge is 0.379 e. The summed E-state index contributed by atoms with van der Waals surface area (Å²) in [6.07, 6.45) is 2.16. The zero-order valence-corrected chi connectivity index (χ0v) is 13.3. The molecular formula is C12H20INOS. The highest BCUT2D eigenvalue weighted by molar-refractivity contribution is 14.1. The molecule has 2 nitrogen and oxygen atoms in total. The molecule has 1 heterocycles. The molecule has 0 aromatic carbocycles. The van der Waals surface area contributed by atoms with Crippen LogP contribution in [0.3, 0.4) is 0 Å². The van der Waals surface area contributed by atoms with Crippen LogP contribution in [-0.4, -0.2) is 19.8 Å². The van der Waals surface area contributed by atoms with E-state index in [1.807, 2.05) is 7.05 Å². The number of halogens is 1. The minimum atomic E-state index is -0.0295. The van der Waals surface area contributed by atoms with E-state index in [0.717, 1.165) is 12.8 Å². The molecule has 0 amide bonds. The van der Waals surface area contributed by atoms with Gasteiger partial charge in [0.25, 0.3) is 0 Å². The maximum absolute atomic E-state index is 5.45. The van der Waals surface area contributed by atoms with E-state index in [2.05, 4.69) is 53.2 Å². The highest BCUT2D eigenvalue weighted by Crippen LogP contribution is 2.27. The predicted octanol–water partition coefficient (Wildman–Crippen LogP) is 3.82. The van der Waals surface area contributed by atoms with E-state index in [1.54, 1.807) is 18.4 Å². The number of rotatable bonds is 6. The number of ether oxygens (including phenoxy) is 1. The molecule has 1 aromatic rings. The summed E-state index contributed by atoms with van der Waals surface area (Å²) in [5.41, 5.74) is 1.36. The first kappa shape index (κ1) is 14.4. The first-order valence-corrected chi connectivity index (χ1v) is 7.40. The molecule has 0 bridgehead atoms. The van der Waals surface area contributed by atoms with Gasteiger partial charge in [-0.2, -0.15) is 0 Å². The lowest BCUT2D eigenvalue weighted by Gasteiger charge is -2.25. The van der Waals surface area contributed by atoms with Crippen molar-refractivity contribution in [2.75, 3.05) is 14.2 Å². The molecule has 1 rings (SSSR count). The van der Waals surface area contributed by atoms with E-state index in [9.17, 15) is 0 Å². The van der Waals surface area contributed by atoms with Crippen molar-refractivity contribution < 1.29 is 4.74 Å². The van der Waals surface area contributed by atoms with Crippen LogP contribution in [-0.2, 0) is 4.74 Å². The van der Waals surface area contributed by atoms with Crippen molar-refractivity contribution in [3.8, 4) is 0 Å². The summed E-state index contributed by atoms with van der Waals surface area (Å²) in [6, 6.07) is 2.70. The Morgan fingerprint density at radius 1 is 1.56 bits per heavy atom. The van der Waals surface area contributed by atoms with Gasteiger partial charge in [-0.25, -0.2) is 0 Å². The monoisotopic (exact) mass is 353 g/mol. The summed E-state index contributed by atoms with van der Waals surface area (Å²) in [4.78, 5) is 0. The minimum Gasteiger partial charge on any atom is -0.379 e. The molecule has 0 aliphatic heterocycles. The van der Waals surface area contributed by atoms with Crippen molar-refractivity contribution in [2.45, 2.75) is 38.3 Å². The van der Waals surface area contributed by atoms with E-state index in [-0.39, 0.29) is 5.60 Å². The molecular weight excluding hydrogens is 333 g/mol. The van der Waals surface area contributed by atoms with Crippen LogP contribution >= 0.6 is 33.9 Å². The Kier molecular flexibility index (Phi) is 5.70. The molecule has 0 radical (unpaired) electrons. The Balaban J connectivity index is 2.56. The molecule has 16 heavy (non-hydrogen) atoms. The van der Waals surface area contributed by atoms with Gasteiger partial charge in [0.15, 0.2) is 0 Å². The van der Waals surface area contributed by atoms with Crippen LogP contribution in [0.2, 0.25) is 0 Å². The third kappa shape index (κ3) is 4.31. The average Bonchev–Trinajstić information content (AvgIpc) is 2.66. The van der Waals surface area contributed by atoms with Crippen LogP contribution < -0.4 is 5.32 Å². The number of methoxy groups -OCH3 is 1. The second-order valence-corrected chi connectivity index (χ2v) is 7.33. The minimum absolute atomic E-state index is 0.0295. The van der Waals surface area contributed by atoms with Gasteiger partial charge in [0.2, 0.25) is 0 Å². The highest BCUT2D eigenvalue weighted by atomic mass is 127. The quantitative estimate of drug-likeness (QED) is 0.785. The molecule has 1 aromatic heterocycles. The van der Waals surface area contributed by atoms with Gasteiger partial charge < -0.3 is 10.1 Å². The van der Waals surface area contributed by atoms with Crippen molar-refractivity contribution in [1.29, 1.82) is 0 Å². The predicted molar refractivity (Wildman–Crippen MR) is 79.2 cm³/mol. The molecule has 4 heteroatoms. The van der Waals surface area contributed by atoms with Crippen LogP contribution in [0.4, 0.5) is 0 Å². The molecule has 92 valence electrons. The topological polar surface area (TPSA) is 21.3 Å². The molecule has 0 saturated carbocycles. The molecule has 1 unspecified atom stereocenters. The fourth-order valence-electron chi connectivity index (χ4n) is 1.58. The van der Waals surface area contributed by atoms with Crippen molar-refractivity contribution in [3.63, 3.8) is 0 Å². The molecule has 0 fully saturated rings. The molecule has 0 aliphatic carbocycles. The lowest BCUT2D eigenvalue weighted by atomic mass is 9.96. The van der Waals surface area contributed by atoms with Crippen LogP contribution in [0.25, 0.3) is 0 Å². The van der Waals surface area contributed by atoms with Crippen LogP contribution in [0.1, 0.15) is 38.3 Å². The van der Waals surface area contributed by atoms with Crippen LogP contribution in [0, 0.1) is 2.88 Å². The SMILES string of the molecule is CNC(CCC(C)(C)OC)c1csc(I)c1. The van der Waals surface area contributed by atoms with Crippen LogP contribution in [0.5, 0.6) is 0 Å². The smallest absolute Gasteiger partial charge is 0.0656 e. The summed E-state index contributed by atoms with van der Waals surface area (Å²) in [6.45, 7) is 4.27. The Morgan fingerprint density at radius 3 is 2.69 bits per heavy atom. The zero-order valence-electron chi connectivity index (χ0n) is 10.3. The van der Waals surface area contributed by atoms with E-state index < -0.39 is 0 Å². The van der Waals surface area contributed by atoms with Crippen molar-refractivity contribution in [2.24, 2.45) is 0 Å². The molecule has 0 saturated heterocycles. The lowest BCUT2D eigenvalue weighted by Crippen LogP contribution is -2.25. The molecule has 0 aliphatic rings.